The summed E-state index contributed by atoms with van der Waals surface area (Å²) in [5.41, 5.74) is 0. The van der Waals surface area contributed by atoms with Crippen LogP contribution in [0.1, 0.15) is 20.8 Å². The minimum absolute atomic E-state index is 0.0120. The first kappa shape index (κ1) is 13.5. The predicted octanol–water partition coefficient (Wildman–Crippen LogP) is -0.0802. The predicted molar refractivity (Wildman–Crippen MR) is 53.6 cm³/mol. The third kappa shape index (κ3) is 8.15. The molecule has 0 heterocycles. The highest BCUT2D eigenvalue weighted by atomic mass is 32.2. The highest BCUT2D eigenvalue weighted by Gasteiger charge is 2.10. The zero-order valence-corrected chi connectivity index (χ0v) is 9.56. The van der Waals surface area contributed by atoms with Crippen LogP contribution in [-0.4, -0.2) is 39.2 Å². The molecule has 0 spiro atoms. The quantitative estimate of drug-likeness (QED) is 0.655. The van der Waals surface area contributed by atoms with E-state index in [1.54, 1.807) is 0 Å². The molecule has 0 aliphatic rings. The van der Waals surface area contributed by atoms with E-state index in [-0.39, 0.29) is 30.8 Å². The average molecular weight is 223 g/mol. The first-order valence-corrected chi connectivity index (χ1v) is 6.07. The van der Waals surface area contributed by atoms with Gasteiger partial charge in [-0.3, -0.25) is 4.79 Å². The Morgan fingerprint density at radius 2 is 2.00 bits per heavy atom. The molecule has 14 heavy (non-hydrogen) atoms. The normalized spacial score (nSPS) is 12.0. The fourth-order valence-corrected chi connectivity index (χ4v) is 1.56. The first-order chi connectivity index (χ1) is 6.33. The van der Waals surface area contributed by atoms with Crippen molar-refractivity contribution >= 4 is 15.8 Å². The molecule has 0 aliphatic heterocycles. The second-order valence-electron chi connectivity index (χ2n) is 3.26. The number of hydrogen-bond donors (Lipinski definition) is 1. The number of ketones is 1. The number of ether oxygens (including phenoxy) is 1. The lowest BCUT2D eigenvalue weighted by Gasteiger charge is -2.08. The molecule has 6 heteroatoms. The maximum Gasteiger partial charge on any atom is 0.214 e. The topological polar surface area (TPSA) is 72.5 Å². The SMILES string of the molecule is CC(=O)CNS(=O)(=O)CCOC(C)C. The van der Waals surface area contributed by atoms with Crippen molar-refractivity contribution in [1.29, 1.82) is 0 Å². The summed E-state index contributed by atoms with van der Waals surface area (Å²) in [6.45, 7) is 4.98. The van der Waals surface area contributed by atoms with Gasteiger partial charge in [0.05, 0.1) is 25.0 Å². The lowest BCUT2D eigenvalue weighted by Crippen LogP contribution is -2.32. The lowest BCUT2D eigenvalue weighted by atomic mass is 10.5. The van der Waals surface area contributed by atoms with Crippen LogP contribution in [0.3, 0.4) is 0 Å². The standard InChI is InChI=1S/C8H17NO4S/c1-7(2)13-4-5-14(11,12)9-6-8(3)10/h7,9H,4-6H2,1-3H3. The van der Waals surface area contributed by atoms with Crippen molar-refractivity contribution in [2.24, 2.45) is 0 Å². The van der Waals surface area contributed by atoms with Crippen LogP contribution in [0.2, 0.25) is 0 Å². The van der Waals surface area contributed by atoms with Gasteiger partial charge in [-0.25, -0.2) is 13.1 Å². The van der Waals surface area contributed by atoms with Crippen LogP contribution in [0.5, 0.6) is 0 Å². The minimum Gasteiger partial charge on any atom is -0.378 e. The number of nitrogens with one attached hydrogen (secondary N) is 1. The number of sulfonamides is 1. The van der Waals surface area contributed by atoms with Gasteiger partial charge in [-0.2, -0.15) is 0 Å². The fourth-order valence-electron chi connectivity index (χ4n) is 0.677. The largest absolute Gasteiger partial charge is 0.378 e. The molecule has 0 saturated carbocycles. The summed E-state index contributed by atoms with van der Waals surface area (Å²) in [6.07, 6.45) is 0.0120. The first-order valence-electron chi connectivity index (χ1n) is 4.42. The Labute approximate surface area is 84.9 Å². The summed E-state index contributed by atoms with van der Waals surface area (Å²) in [6, 6.07) is 0. The van der Waals surface area contributed by atoms with Crippen molar-refractivity contribution in [3.63, 3.8) is 0 Å². The van der Waals surface area contributed by atoms with Gasteiger partial charge in [0.15, 0.2) is 0 Å². The molecule has 0 amide bonds. The molecule has 0 saturated heterocycles. The fraction of sp³-hybridized carbons (Fsp3) is 0.875. The highest BCUT2D eigenvalue weighted by molar-refractivity contribution is 7.89. The number of hydrogen-bond acceptors (Lipinski definition) is 4. The summed E-state index contributed by atoms with van der Waals surface area (Å²) in [7, 11) is -3.37. The number of carbonyl (C=O) groups is 1. The molecular formula is C8H17NO4S. The van der Waals surface area contributed by atoms with Gasteiger partial charge in [0, 0.05) is 0 Å². The smallest absolute Gasteiger partial charge is 0.214 e. The molecule has 0 aliphatic carbocycles. The number of rotatable bonds is 7. The van der Waals surface area contributed by atoms with Gasteiger partial charge in [-0.05, 0) is 20.8 Å². The zero-order valence-electron chi connectivity index (χ0n) is 8.74. The van der Waals surface area contributed by atoms with Crippen molar-refractivity contribution in [3.05, 3.63) is 0 Å². The average Bonchev–Trinajstić information content (AvgIpc) is 2.00. The van der Waals surface area contributed by atoms with E-state index >= 15 is 0 Å². The summed E-state index contributed by atoms with van der Waals surface area (Å²) >= 11 is 0. The molecule has 0 atom stereocenters. The molecule has 0 bridgehead atoms. The van der Waals surface area contributed by atoms with E-state index in [2.05, 4.69) is 4.72 Å². The van der Waals surface area contributed by atoms with Gasteiger partial charge < -0.3 is 4.74 Å². The molecule has 0 unspecified atom stereocenters. The maximum atomic E-state index is 11.2. The Morgan fingerprint density at radius 1 is 1.43 bits per heavy atom. The van der Waals surface area contributed by atoms with Gasteiger partial charge in [-0.15, -0.1) is 0 Å². The Bertz CT molecular complexity index is 271. The molecule has 1 N–H and O–H groups in total. The summed E-state index contributed by atoms with van der Waals surface area (Å²) < 4.78 is 29.6. The van der Waals surface area contributed by atoms with E-state index < -0.39 is 10.0 Å². The summed E-state index contributed by atoms with van der Waals surface area (Å²) in [5, 5.41) is 0. The Hall–Kier alpha value is -0.460. The second kappa shape index (κ2) is 6.10. The van der Waals surface area contributed by atoms with E-state index in [9.17, 15) is 13.2 Å². The van der Waals surface area contributed by atoms with Crippen molar-refractivity contribution < 1.29 is 17.9 Å². The molecular weight excluding hydrogens is 206 g/mol. The van der Waals surface area contributed by atoms with E-state index in [4.69, 9.17) is 4.74 Å². The van der Waals surface area contributed by atoms with Gasteiger partial charge in [0.25, 0.3) is 0 Å². The van der Waals surface area contributed by atoms with Gasteiger partial charge >= 0.3 is 0 Å². The highest BCUT2D eigenvalue weighted by Crippen LogP contribution is 1.90. The lowest BCUT2D eigenvalue weighted by molar-refractivity contribution is -0.115. The van der Waals surface area contributed by atoms with Crippen LogP contribution in [-0.2, 0) is 19.6 Å². The monoisotopic (exact) mass is 223 g/mol. The number of Topliss-reactive ketones (excluding diaryl/α,β-unsaturated/α-hetero) is 1. The van der Waals surface area contributed by atoms with Gasteiger partial charge in [0.1, 0.15) is 5.78 Å². The molecule has 0 aromatic heterocycles. The second-order valence-corrected chi connectivity index (χ2v) is 5.19. The van der Waals surface area contributed by atoms with E-state index in [0.29, 0.717) is 0 Å². The third-order valence-electron chi connectivity index (χ3n) is 1.34. The zero-order chi connectivity index (χ0) is 11.2. The molecule has 0 aromatic carbocycles. The van der Waals surface area contributed by atoms with E-state index in [0.717, 1.165) is 0 Å². The van der Waals surface area contributed by atoms with Gasteiger partial charge in [0.2, 0.25) is 10.0 Å². The summed E-state index contributed by atoms with van der Waals surface area (Å²) in [4.78, 5) is 10.5. The molecule has 84 valence electrons. The third-order valence-corrected chi connectivity index (χ3v) is 2.63. The van der Waals surface area contributed by atoms with Crippen LogP contribution >= 0.6 is 0 Å². The van der Waals surface area contributed by atoms with Crippen molar-refractivity contribution in [2.45, 2.75) is 26.9 Å². The van der Waals surface area contributed by atoms with Crippen molar-refractivity contribution in [2.75, 3.05) is 18.9 Å². The van der Waals surface area contributed by atoms with Crippen molar-refractivity contribution in [3.8, 4) is 0 Å². The Morgan fingerprint density at radius 3 is 2.43 bits per heavy atom. The van der Waals surface area contributed by atoms with Crippen LogP contribution in [0.4, 0.5) is 0 Å². The molecule has 0 aromatic rings. The van der Waals surface area contributed by atoms with Crippen LogP contribution in [0.15, 0.2) is 0 Å². The van der Waals surface area contributed by atoms with Gasteiger partial charge in [-0.1, -0.05) is 0 Å². The molecule has 0 fully saturated rings. The van der Waals surface area contributed by atoms with E-state index in [1.807, 2.05) is 13.8 Å². The molecule has 5 nitrogen and oxygen atoms in total. The molecule has 0 radical (unpaired) electrons. The summed E-state index contributed by atoms with van der Waals surface area (Å²) in [5.74, 6) is -0.322. The van der Waals surface area contributed by atoms with Crippen LogP contribution < -0.4 is 4.72 Å². The Kier molecular flexibility index (Phi) is 5.90. The van der Waals surface area contributed by atoms with E-state index in [1.165, 1.54) is 6.92 Å². The van der Waals surface area contributed by atoms with Crippen LogP contribution in [0.25, 0.3) is 0 Å². The van der Waals surface area contributed by atoms with Crippen molar-refractivity contribution in [1.82, 2.24) is 4.72 Å². The van der Waals surface area contributed by atoms with Crippen LogP contribution in [0, 0.1) is 0 Å². The minimum atomic E-state index is -3.37. The molecule has 0 rings (SSSR count). The Balaban J connectivity index is 3.79. The number of carbonyl (C=O) groups excluding carboxylic acids is 1. The maximum absolute atomic E-state index is 11.2.